The first-order valence-electron chi connectivity index (χ1n) is 6.72. The normalized spacial score (nSPS) is 31.2. The molecule has 3 atom stereocenters. The third kappa shape index (κ3) is 1.83. The molecule has 4 rings (SSSR count). The fraction of sp³-hybridized carbons (Fsp3) is 0.176. The highest BCUT2D eigenvalue weighted by Gasteiger charge is 2.50. The average Bonchev–Trinajstić information content (AvgIpc) is 2.99. The third-order valence-electron chi connectivity index (χ3n) is 4.16. The van der Waals surface area contributed by atoms with Crippen molar-refractivity contribution in [3.8, 4) is 0 Å². The van der Waals surface area contributed by atoms with Gasteiger partial charge in [0, 0.05) is 8.96 Å². The summed E-state index contributed by atoms with van der Waals surface area (Å²) in [5.74, 6) is 0. The molecule has 0 saturated carbocycles. The fourth-order valence-corrected chi connectivity index (χ4v) is 4.32. The lowest BCUT2D eigenvalue weighted by Gasteiger charge is -2.39. The van der Waals surface area contributed by atoms with Crippen molar-refractivity contribution in [2.24, 2.45) is 0 Å². The van der Waals surface area contributed by atoms with E-state index in [-0.39, 0.29) is 12.2 Å². The maximum atomic E-state index is 11.5. The summed E-state index contributed by atoms with van der Waals surface area (Å²) in [7, 11) is 0. The molecular formula is C17H12Br2O2. The number of rotatable bonds is 1. The average molecular weight is 408 g/mol. The van der Waals surface area contributed by atoms with E-state index in [0.717, 1.165) is 25.3 Å². The molecule has 2 bridgehead atoms. The van der Waals surface area contributed by atoms with E-state index in [2.05, 4.69) is 31.9 Å². The van der Waals surface area contributed by atoms with E-state index in [0.29, 0.717) is 0 Å². The number of hydrogen-bond donors (Lipinski definition) is 1. The Morgan fingerprint density at radius 3 is 2.62 bits per heavy atom. The number of fused-ring (bicyclic) bond motifs is 3. The van der Waals surface area contributed by atoms with Crippen LogP contribution in [0.1, 0.15) is 5.56 Å². The van der Waals surface area contributed by atoms with Crippen molar-refractivity contribution in [2.75, 3.05) is 0 Å². The quantitative estimate of drug-likeness (QED) is 0.711. The van der Waals surface area contributed by atoms with Crippen LogP contribution in [0.3, 0.4) is 0 Å². The molecule has 2 aliphatic heterocycles. The van der Waals surface area contributed by atoms with Gasteiger partial charge < -0.3 is 9.84 Å². The first-order valence-corrected chi connectivity index (χ1v) is 8.31. The van der Waals surface area contributed by atoms with Crippen LogP contribution in [-0.2, 0) is 10.3 Å². The summed E-state index contributed by atoms with van der Waals surface area (Å²) in [6.45, 7) is 0. The highest BCUT2D eigenvalue weighted by Crippen LogP contribution is 2.50. The van der Waals surface area contributed by atoms with E-state index in [1.165, 1.54) is 0 Å². The Kier molecular flexibility index (Phi) is 3.12. The predicted molar refractivity (Wildman–Crippen MR) is 90.5 cm³/mol. The minimum absolute atomic E-state index is 0.111. The first-order chi connectivity index (χ1) is 10.1. The van der Waals surface area contributed by atoms with E-state index in [1.807, 2.05) is 54.6 Å². The maximum absolute atomic E-state index is 11.5. The molecule has 2 aromatic carbocycles. The third-order valence-corrected chi connectivity index (χ3v) is 6.57. The van der Waals surface area contributed by atoms with Gasteiger partial charge in [0.2, 0.25) is 0 Å². The second-order valence-corrected chi connectivity index (χ2v) is 6.96. The maximum Gasteiger partial charge on any atom is 0.152 e. The van der Waals surface area contributed by atoms with E-state index >= 15 is 0 Å². The Labute approximate surface area is 139 Å². The van der Waals surface area contributed by atoms with Crippen molar-refractivity contribution in [1.29, 1.82) is 0 Å². The van der Waals surface area contributed by atoms with Crippen LogP contribution in [0.2, 0.25) is 0 Å². The number of ether oxygens (including phenoxy) is 1. The van der Waals surface area contributed by atoms with Gasteiger partial charge in [-0.25, -0.2) is 0 Å². The van der Waals surface area contributed by atoms with Crippen LogP contribution in [0.5, 0.6) is 0 Å². The minimum Gasteiger partial charge on any atom is -0.377 e. The van der Waals surface area contributed by atoms with Gasteiger partial charge in [0.05, 0.1) is 0 Å². The van der Waals surface area contributed by atoms with Gasteiger partial charge in [-0.15, -0.1) is 0 Å². The summed E-state index contributed by atoms with van der Waals surface area (Å²) < 4.78 is 7.47. The first kappa shape index (κ1) is 13.7. The van der Waals surface area contributed by atoms with Crippen LogP contribution in [0.15, 0.2) is 63.6 Å². The second kappa shape index (κ2) is 4.78. The molecule has 0 aromatic heterocycles. The molecule has 0 amide bonds. The number of benzene rings is 2. The Morgan fingerprint density at radius 2 is 1.76 bits per heavy atom. The second-order valence-electron chi connectivity index (χ2n) is 5.32. The zero-order chi connectivity index (χ0) is 14.6. The topological polar surface area (TPSA) is 29.5 Å². The molecule has 2 aliphatic rings. The van der Waals surface area contributed by atoms with Crippen LogP contribution in [-0.4, -0.2) is 17.3 Å². The molecular weight excluding hydrogens is 396 g/mol. The summed E-state index contributed by atoms with van der Waals surface area (Å²) in [6, 6.07) is 14.0. The van der Waals surface area contributed by atoms with Gasteiger partial charge in [0.25, 0.3) is 0 Å². The number of aliphatic hydroxyl groups is 1. The lowest BCUT2D eigenvalue weighted by Crippen LogP contribution is -2.44. The van der Waals surface area contributed by atoms with Gasteiger partial charge in [0.15, 0.2) is 5.60 Å². The van der Waals surface area contributed by atoms with Gasteiger partial charge >= 0.3 is 0 Å². The fourth-order valence-electron chi connectivity index (χ4n) is 3.09. The number of hydrogen-bond acceptors (Lipinski definition) is 2. The molecule has 2 aromatic rings. The largest absolute Gasteiger partial charge is 0.377 e. The summed E-state index contributed by atoms with van der Waals surface area (Å²) in [6.07, 6.45) is 3.41. The van der Waals surface area contributed by atoms with Crippen molar-refractivity contribution in [3.63, 3.8) is 0 Å². The van der Waals surface area contributed by atoms with E-state index in [1.54, 1.807) is 0 Å². The Bertz CT molecular complexity index is 791. The molecule has 0 saturated heterocycles. The Hall–Kier alpha value is -0.940. The Morgan fingerprint density at radius 1 is 1.00 bits per heavy atom. The standard InChI is InChI=1S/C17H12Br2O2/c18-15-13-8-9-14(21-13)17(20,16(15)19)12-7-3-5-10-4-1-2-6-11(10)12/h1-9,13-14,20H/t13-,14+,17-/m1/s1. The van der Waals surface area contributed by atoms with Crippen LogP contribution < -0.4 is 0 Å². The molecule has 0 spiro atoms. The summed E-state index contributed by atoms with van der Waals surface area (Å²) in [4.78, 5) is 0. The van der Waals surface area contributed by atoms with Gasteiger partial charge in [-0.05, 0) is 16.3 Å². The molecule has 21 heavy (non-hydrogen) atoms. The summed E-state index contributed by atoms with van der Waals surface area (Å²) in [5.41, 5.74) is -0.372. The van der Waals surface area contributed by atoms with Gasteiger partial charge in [0.1, 0.15) is 12.2 Å². The van der Waals surface area contributed by atoms with Crippen LogP contribution in [0.25, 0.3) is 10.8 Å². The van der Waals surface area contributed by atoms with Crippen molar-refractivity contribution < 1.29 is 9.84 Å². The van der Waals surface area contributed by atoms with Crippen LogP contribution in [0.4, 0.5) is 0 Å². The molecule has 0 fully saturated rings. The minimum atomic E-state index is -1.22. The van der Waals surface area contributed by atoms with Crippen molar-refractivity contribution in [2.45, 2.75) is 17.8 Å². The Balaban J connectivity index is 2.03. The van der Waals surface area contributed by atoms with Crippen molar-refractivity contribution >= 4 is 42.6 Å². The predicted octanol–water partition coefficient (Wildman–Crippen LogP) is 4.37. The molecule has 0 radical (unpaired) electrons. The van der Waals surface area contributed by atoms with Gasteiger partial charge in [-0.2, -0.15) is 0 Å². The highest BCUT2D eigenvalue weighted by atomic mass is 79.9. The lowest BCUT2D eigenvalue weighted by molar-refractivity contribution is -0.0721. The summed E-state index contributed by atoms with van der Waals surface area (Å²) in [5, 5.41) is 13.6. The van der Waals surface area contributed by atoms with Crippen molar-refractivity contribution in [1.82, 2.24) is 0 Å². The molecule has 0 aliphatic carbocycles. The molecule has 106 valence electrons. The summed E-state index contributed by atoms with van der Waals surface area (Å²) >= 11 is 7.12. The van der Waals surface area contributed by atoms with Gasteiger partial charge in [-0.3, -0.25) is 0 Å². The molecule has 2 nitrogen and oxygen atoms in total. The number of halogens is 2. The van der Waals surface area contributed by atoms with Crippen molar-refractivity contribution in [3.05, 3.63) is 69.1 Å². The van der Waals surface area contributed by atoms with Crippen LogP contribution >= 0.6 is 31.9 Å². The zero-order valence-electron chi connectivity index (χ0n) is 11.0. The lowest BCUT2D eigenvalue weighted by atomic mass is 9.84. The smallest absolute Gasteiger partial charge is 0.152 e. The molecule has 4 heteroatoms. The van der Waals surface area contributed by atoms with E-state index in [9.17, 15) is 5.11 Å². The zero-order valence-corrected chi connectivity index (χ0v) is 14.1. The molecule has 0 unspecified atom stereocenters. The van der Waals surface area contributed by atoms with Gasteiger partial charge in [-0.1, -0.05) is 86.5 Å². The monoisotopic (exact) mass is 406 g/mol. The molecule has 1 N–H and O–H groups in total. The van der Waals surface area contributed by atoms with E-state index < -0.39 is 5.60 Å². The molecule has 2 heterocycles. The van der Waals surface area contributed by atoms with E-state index in [4.69, 9.17) is 4.74 Å². The SMILES string of the molecule is O[C@@]1(c2cccc3ccccc23)C(Br)=C(Br)[C@H]2C=C[C@@H]1O2. The highest BCUT2D eigenvalue weighted by molar-refractivity contribution is 9.14. The van der Waals surface area contributed by atoms with Crippen LogP contribution in [0, 0.1) is 0 Å².